The molecule has 1 atom stereocenters. The number of carbonyl (C=O) groups is 2. The molecule has 4 aromatic heterocycles. The Hall–Kier alpha value is -4.43. The molecule has 2 bridgehead atoms. The van der Waals surface area contributed by atoms with Crippen LogP contribution in [0.15, 0.2) is 36.8 Å². The molecule has 14 heteroatoms. The van der Waals surface area contributed by atoms with Gasteiger partial charge in [-0.25, -0.2) is 15.0 Å². The number of pyridine rings is 2. The van der Waals surface area contributed by atoms with Crippen LogP contribution in [0.2, 0.25) is 0 Å². The molecule has 3 saturated heterocycles. The minimum atomic E-state index is -0.479. The highest BCUT2D eigenvalue weighted by atomic mass is 16.5. The first-order valence-electron chi connectivity index (χ1n) is 17.6. The first kappa shape index (κ1) is 30.6. The summed E-state index contributed by atoms with van der Waals surface area (Å²) in [5.74, 6) is 2.45. The highest BCUT2D eigenvalue weighted by Gasteiger charge is 2.72. The van der Waals surface area contributed by atoms with Gasteiger partial charge >= 0.3 is 0 Å². The van der Waals surface area contributed by atoms with Crippen molar-refractivity contribution in [3.05, 3.63) is 42.6 Å². The molecule has 2 amide bonds. The van der Waals surface area contributed by atoms with E-state index in [0.717, 1.165) is 81.7 Å². The predicted octanol–water partition coefficient (Wildman–Crippen LogP) is 2.38. The second kappa shape index (κ2) is 11.0. The van der Waals surface area contributed by atoms with E-state index in [9.17, 15) is 9.59 Å². The normalized spacial score (nSPS) is 28.5. The van der Waals surface area contributed by atoms with Crippen LogP contribution in [-0.2, 0) is 22.1 Å². The van der Waals surface area contributed by atoms with Crippen LogP contribution >= 0.6 is 0 Å². The Kier molecular flexibility index (Phi) is 6.90. The van der Waals surface area contributed by atoms with Crippen molar-refractivity contribution in [1.82, 2.24) is 49.6 Å². The van der Waals surface area contributed by atoms with Gasteiger partial charge in [0.2, 0.25) is 17.7 Å². The van der Waals surface area contributed by atoms with E-state index < -0.39 is 5.41 Å². The van der Waals surface area contributed by atoms with E-state index in [4.69, 9.17) is 9.72 Å². The second-order valence-electron chi connectivity index (χ2n) is 15.3. The number of fused-ring (bicyclic) bond motifs is 1. The van der Waals surface area contributed by atoms with E-state index in [1.54, 1.807) is 17.2 Å². The smallest absolute Gasteiger partial charge is 0.236 e. The Labute approximate surface area is 284 Å². The largest absolute Gasteiger partial charge is 0.475 e. The maximum atomic E-state index is 14.0. The van der Waals surface area contributed by atoms with Gasteiger partial charge in [0, 0.05) is 75.1 Å². The Morgan fingerprint density at radius 2 is 1.78 bits per heavy atom. The summed E-state index contributed by atoms with van der Waals surface area (Å²) in [7, 11) is 1.93. The van der Waals surface area contributed by atoms with Crippen LogP contribution in [0, 0.1) is 5.41 Å². The van der Waals surface area contributed by atoms with Crippen LogP contribution in [0.3, 0.4) is 0 Å². The Bertz CT molecular complexity index is 1910. The zero-order valence-electron chi connectivity index (χ0n) is 28.4. The van der Waals surface area contributed by atoms with Gasteiger partial charge in [-0.1, -0.05) is 0 Å². The molecular formula is C35H43N11O3. The third-order valence-corrected chi connectivity index (χ3v) is 11.7. The summed E-state index contributed by atoms with van der Waals surface area (Å²) in [6, 6.07) is 7.57. The molecule has 3 aliphatic carbocycles. The highest BCUT2D eigenvalue weighted by molar-refractivity contribution is 6.01. The molecular weight excluding hydrogens is 622 g/mol. The summed E-state index contributed by atoms with van der Waals surface area (Å²) in [6.07, 6.45) is 8.48. The van der Waals surface area contributed by atoms with Gasteiger partial charge in [-0.15, -0.1) is 0 Å². The SMILES string of the molecule is CC(C)Oc1ccc(-c2n[nH]c3ccc(N4CC[C@]5(CCN(CC(=O)N6CCN(C78CC(c9ncn(C)n9)(C7)C8)CC6)C5)C4=O)nc23)cn1. The molecule has 1 spiro atoms. The second-order valence-corrected chi connectivity index (χ2v) is 15.3. The van der Waals surface area contributed by atoms with Crippen molar-refractivity contribution >= 4 is 28.7 Å². The summed E-state index contributed by atoms with van der Waals surface area (Å²) in [5.41, 5.74) is 2.96. The monoisotopic (exact) mass is 665 g/mol. The number of anilines is 1. The maximum Gasteiger partial charge on any atom is 0.236 e. The molecule has 49 heavy (non-hydrogen) atoms. The molecule has 6 aliphatic rings. The molecule has 6 fully saturated rings. The molecule has 14 nitrogen and oxygen atoms in total. The molecule has 256 valence electrons. The quantitative estimate of drug-likeness (QED) is 0.298. The molecule has 0 aromatic carbocycles. The fraction of sp³-hybridized carbons (Fsp3) is 0.571. The minimum Gasteiger partial charge on any atom is -0.475 e. The number of ether oxygens (including phenoxy) is 1. The van der Waals surface area contributed by atoms with E-state index in [2.05, 4.69) is 35.1 Å². The number of nitrogens with zero attached hydrogens (tertiary/aromatic N) is 10. The lowest BCUT2D eigenvalue weighted by Gasteiger charge is -2.73. The molecule has 7 heterocycles. The van der Waals surface area contributed by atoms with E-state index in [-0.39, 0.29) is 28.9 Å². The zero-order chi connectivity index (χ0) is 33.5. The molecule has 0 radical (unpaired) electrons. The number of aryl methyl sites for hydroxylation is 1. The number of hydrogen-bond donors (Lipinski definition) is 1. The van der Waals surface area contributed by atoms with Crippen LogP contribution in [0.25, 0.3) is 22.3 Å². The maximum absolute atomic E-state index is 14.0. The lowest BCUT2D eigenvalue weighted by Crippen LogP contribution is -2.78. The Morgan fingerprint density at radius 1 is 0.980 bits per heavy atom. The van der Waals surface area contributed by atoms with E-state index in [1.165, 1.54) is 0 Å². The summed E-state index contributed by atoms with van der Waals surface area (Å²) >= 11 is 0. The fourth-order valence-corrected chi connectivity index (χ4v) is 9.19. The van der Waals surface area contributed by atoms with E-state index in [1.807, 2.05) is 55.0 Å². The third-order valence-electron chi connectivity index (χ3n) is 11.7. The van der Waals surface area contributed by atoms with Gasteiger partial charge in [0.05, 0.1) is 23.6 Å². The average molecular weight is 666 g/mol. The van der Waals surface area contributed by atoms with Crippen molar-refractivity contribution < 1.29 is 14.3 Å². The van der Waals surface area contributed by atoms with Crippen molar-refractivity contribution in [3.8, 4) is 17.1 Å². The molecule has 1 N–H and O–H groups in total. The molecule has 4 aromatic rings. The number of aromatic nitrogens is 7. The summed E-state index contributed by atoms with van der Waals surface area (Å²) in [4.78, 5) is 50.0. The third kappa shape index (κ3) is 4.93. The van der Waals surface area contributed by atoms with Gasteiger partial charge in [0.1, 0.15) is 23.4 Å². The minimum absolute atomic E-state index is 0.0384. The number of nitrogens with one attached hydrogen (secondary N) is 1. The van der Waals surface area contributed by atoms with Crippen LogP contribution in [0.1, 0.15) is 51.8 Å². The van der Waals surface area contributed by atoms with Gasteiger partial charge in [0.25, 0.3) is 0 Å². The summed E-state index contributed by atoms with van der Waals surface area (Å²) in [6.45, 7) is 9.61. The van der Waals surface area contributed by atoms with Crippen LogP contribution in [0.5, 0.6) is 5.88 Å². The first-order chi connectivity index (χ1) is 23.6. The Balaban J connectivity index is 0.803. The van der Waals surface area contributed by atoms with Gasteiger partial charge in [-0.2, -0.15) is 10.2 Å². The lowest BCUT2D eigenvalue weighted by atomic mass is 9.38. The number of hydrogen-bond acceptors (Lipinski definition) is 10. The Morgan fingerprint density at radius 3 is 2.49 bits per heavy atom. The van der Waals surface area contributed by atoms with Crippen LogP contribution in [0.4, 0.5) is 5.82 Å². The van der Waals surface area contributed by atoms with Crippen LogP contribution in [-0.4, -0.2) is 125 Å². The van der Waals surface area contributed by atoms with E-state index in [0.29, 0.717) is 42.5 Å². The number of H-pyrrole nitrogens is 1. The van der Waals surface area contributed by atoms with Crippen molar-refractivity contribution in [2.45, 2.75) is 63.0 Å². The summed E-state index contributed by atoms with van der Waals surface area (Å²) < 4.78 is 7.48. The van der Waals surface area contributed by atoms with Gasteiger partial charge in [0.15, 0.2) is 5.82 Å². The molecule has 3 aliphatic heterocycles. The number of amides is 2. The average Bonchev–Trinajstić information content (AvgIpc) is 3.84. The number of carbonyl (C=O) groups excluding carboxylic acids is 2. The van der Waals surface area contributed by atoms with Crippen molar-refractivity contribution in [2.24, 2.45) is 12.5 Å². The van der Waals surface area contributed by atoms with Gasteiger partial charge in [-0.05, 0) is 70.7 Å². The molecule has 10 rings (SSSR count). The number of likely N-dealkylation sites (tertiary alicyclic amines) is 1. The van der Waals surface area contributed by atoms with Crippen LogP contribution < -0.4 is 9.64 Å². The summed E-state index contributed by atoms with van der Waals surface area (Å²) in [5, 5.41) is 12.1. The van der Waals surface area contributed by atoms with E-state index >= 15 is 0 Å². The van der Waals surface area contributed by atoms with Crippen molar-refractivity contribution in [1.29, 1.82) is 0 Å². The number of piperazine rings is 1. The van der Waals surface area contributed by atoms with Gasteiger partial charge in [-0.3, -0.25) is 34.1 Å². The number of rotatable bonds is 8. The molecule has 0 unspecified atom stereocenters. The molecule has 3 saturated carbocycles. The first-order valence-corrected chi connectivity index (χ1v) is 17.6. The van der Waals surface area contributed by atoms with Crippen molar-refractivity contribution in [2.75, 3.05) is 57.3 Å². The van der Waals surface area contributed by atoms with Gasteiger partial charge < -0.3 is 9.64 Å². The lowest BCUT2D eigenvalue weighted by molar-refractivity contribution is -0.184. The van der Waals surface area contributed by atoms with Crippen molar-refractivity contribution in [3.63, 3.8) is 0 Å². The highest BCUT2D eigenvalue weighted by Crippen LogP contribution is 2.69. The fourth-order valence-electron chi connectivity index (χ4n) is 9.19. The number of aromatic amines is 1. The zero-order valence-corrected chi connectivity index (χ0v) is 28.4. The predicted molar refractivity (Wildman–Crippen MR) is 181 cm³/mol. The topological polar surface area (TPSA) is 142 Å². The standard InChI is InChI=1S/C35H43N11O3/c1-23(2)49-27-7-4-24(16-36-27)29-30-25(39-40-29)5-6-26(38-30)46-11-9-33(32(46)48)8-10-43(21-33)17-28(47)44-12-14-45(15-13-44)35-18-34(19-35,20-35)31-37-22-42(3)41-31/h4-7,16,22-23H,8-15,17-21H2,1-3H3,(H,39,40)/t33-,34?,35?/m0/s1.